The predicted molar refractivity (Wildman–Crippen MR) is 36.9 cm³/mol. The molecule has 0 saturated heterocycles. The molecule has 13 heavy (non-hydrogen) atoms. The van der Waals surface area contributed by atoms with Crippen LogP contribution in [0.3, 0.4) is 0 Å². The van der Waals surface area contributed by atoms with Gasteiger partial charge in [0, 0.05) is 6.07 Å². The molecular weight excluding hydrogens is 188 g/mol. The third-order valence-corrected chi connectivity index (χ3v) is 1.29. The van der Waals surface area contributed by atoms with Crippen LogP contribution < -0.4 is 4.74 Å². The van der Waals surface area contributed by atoms with E-state index in [9.17, 15) is 17.6 Å². The molecular formula is C8H5F4O. The standard InChI is InChI=1S/C8H5F4O/c9-7(10)5-3-1-2-4-6(5)13-8(11)12/h1-3,7-8H. The second kappa shape index (κ2) is 4.11. The van der Waals surface area contributed by atoms with Crippen LogP contribution >= 0.6 is 0 Å². The lowest BCUT2D eigenvalue weighted by molar-refractivity contribution is -0.0521. The molecule has 0 saturated carbocycles. The van der Waals surface area contributed by atoms with E-state index in [2.05, 4.69) is 10.8 Å². The minimum atomic E-state index is -3.11. The van der Waals surface area contributed by atoms with Gasteiger partial charge in [0.25, 0.3) is 6.43 Å². The van der Waals surface area contributed by atoms with E-state index in [0.717, 1.165) is 6.07 Å². The first-order valence-corrected chi connectivity index (χ1v) is 3.35. The van der Waals surface area contributed by atoms with E-state index >= 15 is 0 Å². The number of halogens is 4. The van der Waals surface area contributed by atoms with Gasteiger partial charge in [0.1, 0.15) is 5.75 Å². The molecule has 1 radical (unpaired) electrons. The number of hydrogen-bond acceptors (Lipinski definition) is 1. The smallest absolute Gasteiger partial charge is 0.387 e. The van der Waals surface area contributed by atoms with Crippen molar-refractivity contribution < 1.29 is 22.3 Å². The number of alkyl halides is 4. The molecule has 0 spiro atoms. The molecule has 0 fully saturated rings. The molecule has 0 N–H and O–H groups in total. The molecule has 0 aromatic heterocycles. The van der Waals surface area contributed by atoms with Crippen molar-refractivity contribution in [1.82, 2.24) is 0 Å². The van der Waals surface area contributed by atoms with Gasteiger partial charge in [-0.15, -0.1) is 0 Å². The Hall–Kier alpha value is -1.26. The monoisotopic (exact) mass is 193 g/mol. The summed E-state index contributed by atoms with van der Waals surface area (Å²) in [5.41, 5.74) is -0.581. The fourth-order valence-corrected chi connectivity index (χ4v) is 0.798. The molecule has 0 bridgehead atoms. The number of ether oxygens (including phenoxy) is 1. The van der Waals surface area contributed by atoms with Crippen molar-refractivity contribution in [2.75, 3.05) is 0 Å². The fraction of sp³-hybridized carbons (Fsp3) is 0.250. The Kier molecular flexibility index (Phi) is 3.11. The molecule has 71 valence electrons. The van der Waals surface area contributed by atoms with Gasteiger partial charge in [-0.05, 0) is 6.07 Å². The van der Waals surface area contributed by atoms with Crippen molar-refractivity contribution in [3.8, 4) is 5.75 Å². The van der Waals surface area contributed by atoms with E-state index in [1.165, 1.54) is 12.1 Å². The molecule has 1 aromatic carbocycles. The van der Waals surface area contributed by atoms with E-state index in [-0.39, 0.29) is 0 Å². The highest BCUT2D eigenvalue weighted by Gasteiger charge is 2.15. The van der Waals surface area contributed by atoms with Gasteiger partial charge in [0.15, 0.2) is 0 Å². The number of rotatable bonds is 3. The molecule has 1 aromatic rings. The topological polar surface area (TPSA) is 9.23 Å². The minimum Gasteiger partial charge on any atom is -0.434 e. The van der Waals surface area contributed by atoms with E-state index in [4.69, 9.17) is 0 Å². The zero-order chi connectivity index (χ0) is 9.84. The summed E-state index contributed by atoms with van der Waals surface area (Å²) in [6.45, 7) is -3.11. The summed E-state index contributed by atoms with van der Waals surface area (Å²) in [7, 11) is 0. The maximum Gasteiger partial charge on any atom is 0.387 e. The maximum atomic E-state index is 12.1. The lowest BCUT2D eigenvalue weighted by Crippen LogP contribution is -2.04. The van der Waals surface area contributed by atoms with Crippen LogP contribution in [0.15, 0.2) is 18.2 Å². The highest BCUT2D eigenvalue weighted by molar-refractivity contribution is 5.32. The van der Waals surface area contributed by atoms with Crippen molar-refractivity contribution in [2.45, 2.75) is 13.0 Å². The second-order valence-electron chi connectivity index (χ2n) is 2.13. The molecule has 1 nitrogen and oxygen atoms in total. The van der Waals surface area contributed by atoms with Crippen molar-refractivity contribution in [2.24, 2.45) is 0 Å². The number of benzene rings is 1. The Labute approximate surface area is 71.9 Å². The van der Waals surface area contributed by atoms with Crippen LogP contribution in [0.4, 0.5) is 17.6 Å². The van der Waals surface area contributed by atoms with E-state index < -0.39 is 24.3 Å². The second-order valence-corrected chi connectivity index (χ2v) is 2.13. The van der Waals surface area contributed by atoms with Crippen LogP contribution in [0.25, 0.3) is 0 Å². The summed E-state index contributed by atoms with van der Waals surface area (Å²) in [5, 5.41) is 0. The summed E-state index contributed by atoms with van der Waals surface area (Å²) < 4.78 is 51.5. The van der Waals surface area contributed by atoms with E-state index in [1.54, 1.807) is 0 Å². The average Bonchev–Trinajstić information content (AvgIpc) is 2.03. The summed E-state index contributed by atoms with van der Waals surface area (Å²) in [6, 6.07) is 5.68. The minimum absolute atomic E-state index is 0.581. The van der Waals surface area contributed by atoms with Crippen molar-refractivity contribution in [3.63, 3.8) is 0 Å². The predicted octanol–water partition coefficient (Wildman–Crippen LogP) is 3.03. The van der Waals surface area contributed by atoms with Gasteiger partial charge in [-0.1, -0.05) is 12.1 Å². The van der Waals surface area contributed by atoms with Crippen LogP contribution in [-0.2, 0) is 0 Å². The Bertz CT molecular complexity index is 275. The van der Waals surface area contributed by atoms with Crippen molar-refractivity contribution in [3.05, 3.63) is 29.8 Å². The molecule has 0 aliphatic heterocycles. The van der Waals surface area contributed by atoms with Gasteiger partial charge in [-0.3, -0.25) is 0 Å². The largest absolute Gasteiger partial charge is 0.434 e. The van der Waals surface area contributed by atoms with Gasteiger partial charge < -0.3 is 4.74 Å². The van der Waals surface area contributed by atoms with Crippen LogP contribution in [0.1, 0.15) is 12.0 Å². The van der Waals surface area contributed by atoms with Gasteiger partial charge >= 0.3 is 6.61 Å². The zero-order valence-corrected chi connectivity index (χ0v) is 6.31. The molecule has 5 heteroatoms. The average molecular weight is 193 g/mol. The molecule has 0 unspecified atom stereocenters. The van der Waals surface area contributed by atoms with Crippen LogP contribution in [0.5, 0.6) is 5.75 Å². The lowest BCUT2D eigenvalue weighted by atomic mass is 10.2. The van der Waals surface area contributed by atoms with Gasteiger partial charge in [-0.25, -0.2) is 8.78 Å². The van der Waals surface area contributed by atoms with Gasteiger partial charge in [0.05, 0.1) is 5.56 Å². The Morgan fingerprint density at radius 1 is 1.23 bits per heavy atom. The number of hydrogen-bond donors (Lipinski definition) is 0. The highest BCUT2D eigenvalue weighted by Crippen LogP contribution is 2.28. The van der Waals surface area contributed by atoms with Crippen LogP contribution in [-0.4, -0.2) is 6.61 Å². The molecule has 0 atom stereocenters. The third-order valence-electron chi connectivity index (χ3n) is 1.29. The third kappa shape index (κ3) is 2.61. The molecule has 0 heterocycles. The lowest BCUT2D eigenvalue weighted by Gasteiger charge is -2.08. The zero-order valence-electron chi connectivity index (χ0n) is 6.31. The van der Waals surface area contributed by atoms with Crippen molar-refractivity contribution >= 4 is 0 Å². The number of para-hydroxylation sites is 1. The van der Waals surface area contributed by atoms with Crippen molar-refractivity contribution in [1.29, 1.82) is 0 Å². The molecule has 0 amide bonds. The Morgan fingerprint density at radius 2 is 1.92 bits per heavy atom. The Balaban J connectivity index is 2.91. The van der Waals surface area contributed by atoms with Gasteiger partial charge in [-0.2, -0.15) is 8.78 Å². The summed E-state index contributed by atoms with van der Waals surface area (Å²) in [5.74, 6) is -0.604. The first-order valence-electron chi connectivity index (χ1n) is 3.35. The van der Waals surface area contributed by atoms with E-state index in [0.29, 0.717) is 0 Å². The summed E-state index contributed by atoms with van der Waals surface area (Å²) >= 11 is 0. The normalized spacial score (nSPS) is 10.9. The van der Waals surface area contributed by atoms with E-state index in [1.807, 2.05) is 0 Å². The summed E-state index contributed by atoms with van der Waals surface area (Å²) in [6.07, 6.45) is -2.84. The highest BCUT2D eigenvalue weighted by atomic mass is 19.3. The SMILES string of the molecule is FC(F)Oc1[c]cccc1C(F)F. The fourth-order valence-electron chi connectivity index (χ4n) is 0.798. The van der Waals surface area contributed by atoms with Crippen LogP contribution in [0.2, 0.25) is 0 Å². The molecule has 0 aliphatic rings. The first-order chi connectivity index (χ1) is 6.11. The first kappa shape index (κ1) is 9.83. The Morgan fingerprint density at radius 3 is 2.46 bits per heavy atom. The molecule has 0 aliphatic carbocycles. The van der Waals surface area contributed by atoms with Gasteiger partial charge in [0.2, 0.25) is 0 Å². The maximum absolute atomic E-state index is 12.1. The molecule has 1 rings (SSSR count). The quantitative estimate of drug-likeness (QED) is 0.670. The summed E-state index contributed by atoms with van der Waals surface area (Å²) in [4.78, 5) is 0. The van der Waals surface area contributed by atoms with Crippen LogP contribution in [0, 0.1) is 6.07 Å².